The van der Waals surface area contributed by atoms with Gasteiger partial charge in [-0.15, -0.1) is 0 Å². The van der Waals surface area contributed by atoms with E-state index in [1.165, 1.54) is 12.8 Å². The first kappa shape index (κ1) is 8.89. The summed E-state index contributed by atoms with van der Waals surface area (Å²) in [6.07, 6.45) is 2.40. The van der Waals surface area contributed by atoms with Gasteiger partial charge >= 0.3 is 0 Å². The van der Waals surface area contributed by atoms with Gasteiger partial charge in [0.05, 0.1) is 11.3 Å². The van der Waals surface area contributed by atoms with E-state index in [-0.39, 0.29) is 5.54 Å². The van der Waals surface area contributed by atoms with Gasteiger partial charge in [-0.1, -0.05) is 0 Å². The lowest BCUT2D eigenvalue weighted by atomic mass is 10.1. The fourth-order valence-corrected chi connectivity index (χ4v) is 1.40. The van der Waals surface area contributed by atoms with E-state index in [1.807, 2.05) is 18.2 Å². The average molecular weight is 187 g/mol. The Balaban J connectivity index is 2.21. The van der Waals surface area contributed by atoms with Crippen LogP contribution in [0.25, 0.3) is 0 Å². The Labute approximate surface area is 83.5 Å². The van der Waals surface area contributed by atoms with Crippen molar-refractivity contribution in [1.82, 2.24) is 0 Å². The van der Waals surface area contributed by atoms with E-state index >= 15 is 0 Å². The van der Waals surface area contributed by atoms with Crippen molar-refractivity contribution in [1.29, 1.82) is 5.26 Å². The Bertz CT molecular complexity index is 399. The zero-order chi connectivity index (χ0) is 10.2. The maximum atomic E-state index is 8.70. The Morgan fingerprint density at radius 3 is 2.71 bits per heavy atom. The number of nitrogen functional groups attached to an aromatic ring is 1. The molecule has 0 bridgehead atoms. The van der Waals surface area contributed by atoms with E-state index in [1.54, 1.807) is 6.07 Å². The van der Waals surface area contributed by atoms with Gasteiger partial charge in [-0.2, -0.15) is 5.26 Å². The Morgan fingerprint density at radius 1 is 1.50 bits per heavy atom. The van der Waals surface area contributed by atoms with Gasteiger partial charge < -0.3 is 11.1 Å². The van der Waals surface area contributed by atoms with E-state index < -0.39 is 0 Å². The molecular formula is C11H13N3. The minimum Gasteiger partial charge on any atom is -0.398 e. The molecule has 0 heterocycles. The van der Waals surface area contributed by atoms with Crippen molar-refractivity contribution in [3.63, 3.8) is 0 Å². The summed E-state index contributed by atoms with van der Waals surface area (Å²) in [6, 6.07) is 7.52. The smallest absolute Gasteiger partial charge is 0.101 e. The van der Waals surface area contributed by atoms with Crippen molar-refractivity contribution in [2.75, 3.05) is 11.1 Å². The molecule has 1 saturated carbocycles. The molecule has 0 unspecified atom stereocenters. The first-order valence-electron chi connectivity index (χ1n) is 4.71. The summed E-state index contributed by atoms with van der Waals surface area (Å²) in [5, 5.41) is 12.1. The van der Waals surface area contributed by atoms with E-state index in [0.717, 1.165) is 5.69 Å². The Hall–Kier alpha value is -1.69. The van der Waals surface area contributed by atoms with Crippen molar-refractivity contribution in [3.8, 4) is 6.07 Å². The minimum absolute atomic E-state index is 0.251. The number of hydrogen-bond donors (Lipinski definition) is 2. The van der Waals surface area contributed by atoms with E-state index in [4.69, 9.17) is 11.0 Å². The molecule has 1 aliphatic carbocycles. The molecule has 3 N–H and O–H groups in total. The van der Waals surface area contributed by atoms with Crippen LogP contribution in [-0.4, -0.2) is 5.54 Å². The predicted molar refractivity (Wildman–Crippen MR) is 56.8 cm³/mol. The highest BCUT2D eigenvalue weighted by atomic mass is 15.0. The molecule has 3 heteroatoms. The molecule has 1 aromatic rings. The molecule has 1 fully saturated rings. The van der Waals surface area contributed by atoms with Gasteiger partial charge in [0.2, 0.25) is 0 Å². The van der Waals surface area contributed by atoms with Gasteiger partial charge in [-0.05, 0) is 38.0 Å². The third-order valence-corrected chi connectivity index (χ3v) is 2.62. The minimum atomic E-state index is 0.251. The first-order valence-corrected chi connectivity index (χ1v) is 4.71. The lowest BCUT2D eigenvalue weighted by Crippen LogP contribution is -2.15. The maximum absolute atomic E-state index is 8.70. The molecular weight excluding hydrogens is 174 g/mol. The largest absolute Gasteiger partial charge is 0.398 e. The van der Waals surface area contributed by atoms with Crippen molar-refractivity contribution < 1.29 is 0 Å². The summed E-state index contributed by atoms with van der Waals surface area (Å²) in [6.45, 7) is 2.18. The van der Waals surface area contributed by atoms with Crippen molar-refractivity contribution >= 4 is 11.4 Å². The number of nitriles is 1. The molecule has 2 rings (SSSR count). The standard InChI is InChI=1S/C11H13N3/c1-11(4-5-11)14-9-3-2-8(7-12)10(13)6-9/h2-3,6,14H,4-5,13H2,1H3. The molecule has 1 aromatic carbocycles. The van der Waals surface area contributed by atoms with Crippen LogP contribution in [0, 0.1) is 11.3 Å². The van der Waals surface area contributed by atoms with Crippen LogP contribution in [0.4, 0.5) is 11.4 Å². The summed E-state index contributed by atoms with van der Waals surface area (Å²) < 4.78 is 0. The summed E-state index contributed by atoms with van der Waals surface area (Å²) in [5.74, 6) is 0. The number of rotatable bonds is 2. The molecule has 0 aromatic heterocycles. The van der Waals surface area contributed by atoms with Gasteiger partial charge in [0.15, 0.2) is 0 Å². The average Bonchev–Trinajstić information content (AvgIpc) is 2.84. The second-order valence-corrected chi connectivity index (χ2v) is 4.10. The molecule has 1 aliphatic rings. The van der Waals surface area contributed by atoms with Gasteiger partial charge in [-0.3, -0.25) is 0 Å². The number of benzene rings is 1. The highest BCUT2D eigenvalue weighted by molar-refractivity contribution is 5.63. The Kier molecular flexibility index (Phi) is 1.85. The quantitative estimate of drug-likeness (QED) is 0.697. The van der Waals surface area contributed by atoms with Crippen LogP contribution >= 0.6 is 0 Å². The van der Waals surface area contributed by atoms with Gasteiger partial charge in [0.1, 0.15) is 6.07 Å². The van der Waals surface area contributed by atoms with Crippen LogP contribution in [0.3, 0.4) is 0 Å². The lowest BCUT2D eigenvalue weighted by molar-refractivity contribution is 0.829. The number of hydrogen-bond acceptors (Lipinski definition) is 3. The number of anilines is 2. The summed E-state index contributed by atoms with van der Waals surface area (Å²) in [4.78, 5) is 0. The maximum Gasteiger partial charge on any atom is 0.101 e. The molecule has 72 valence electrons. The second-order valence-electron chi connectivity index (χ2n) is 4.10. The predicted octanol–water partition coefficient (Wildman–Crippen LogP) is 2.10. The normalized spacial score (nSPS) is 17.1. The van der Waals surface area contributed by atoms with Crippen LogP contribution in [0.1, 0.15) is 25.3 Å². The molecule has 0 atom stereocenters. The second kappa shape index (κ2) is 2.91. The van der Waals surface area contributed by atoms with E-state index in [0.29, 0.717) is 11.3 Å². The third kappa shape index (κ3) is 1.64. The van der Waals surface area contributed by atoms with Gasteiger partial charge in [0, 0.05) is 11.2 Å². The van der Waals surface area contributed by atoms with E-state index in [9.17, 15) is 0 Å². The molecule has 0 saturated heterocycles. The van der Waals surface area contributed by atoms with Crippen molar-refractivity contribution in [2.24, 2.45) is 0 Å². The number of nitrogens with zero attached hydrogens (tertiary/aromatic N) is 1. The Morgan fingerprint density at radius 2 is 2.21 bits per heavy atom. The number of nitrogens with two attached hydrogens (primary N) is 1. The van der Waals surface area contributed by atoms with Crippen LogP contribution in [-0.2, 0) is 0 Å². The fraction of sp³-hybridized carbons (Fsp3) is 0.364. The van der Waals surface area contributed by atoms with E-state index in [2.05, 4.69) is 12.2 Å². The molecule has 0 radical (unpaired) electrons. The summed E-state index contributed by atoms with van der Waals surface area (Å²) in [7, 11) is 0. The van der Waals surface area contributed by atoms with Gasteiger partial charge in [-0.25, -0.2) is 0 Å². The highest BCUT2D eigenvalue weighted by Crippen LogP contribution is 2.38. The molecule has 0 amide bonds. The number of nitrogens with one attached hydrogen (secondary N) is 1. The third-order valence-electron chi connectivity index (χ3n) is 2.62. The lowest BCUT2D eigenvalue weighted by Gasteiger charge is -2.13. The summed E-state index contributed by atoms with van der Waals surface area (Å²) in [5.41, 5.74) is 8.04. The van der Waals surface area contributed by atoms with Crippen molar-refractivity contribution in [3.05, 3.63) is 23.8 Å². The van der Waals surface area contributed by atoms with Crippen LogP contribution < -0.4 is 11.1 Å². The molecule has 0 spiro atoms. The molecule has 14 heavy (non-hydrogen) atoms. The summed E-state index contributed by atoms with van der Waals surface area (Å²) >= 11 is 0. The zero-order valence-electron chi connectivity index (χ0n) is 8.17. The van der Waals surface area contributed by atoms with Crippen LogP contribution in [0.2, 0.25) is 0 Å². The highest BCUT2D eigenvalue weighted by Gasteiger charge is 2.36. The fourth-order valence-electron chi connectivity index (χ4n) is 1.40. The monoisotopic (exact) mass is 187 g/mol. The first-order chi connectivity index (χ1) is 6.63. The van der Waals surface area contributed by atoms with Crippen LogP contribution in [0.15, 0.2) is 18.2 Å². The van der Waals surface area contributed by atoms with Gasteiger partial charge in [0.25, 0.3) is 0 Å². The molecule has 3 nitrogen and oxygen atoms in total. The SMILES string of the molecule is CC1(Nc2ccc(C#N)c(N)c2)CC1. The van der Waals surface area contributed by atoms with Crippen LogP contribution in [0.5, 0.6) is 0 Å². The zero-order valence-corrected chi connectivity index (χ0v) is 8.17. The topological polar surface area (TPSA) is 61.8 Å². The van der Waals surface area contributed by atoms with Crippen molar-refractivity contribution in [2.45, 2.75) is 25.3 Å². The molecule has 0 aliphatic heterocycles.